The number of aromatic nitrogens is 1. The fourth-order valence-corrected chi connectivity index (χ4v) is 1.52. The second-order valence-electron chi connectivity index (χ2n) is 3.24. The van der Waals surface area contributed by atoms with Gasteiger partial charge in [-0.2, -0.15) is 0 Å². The standard InChI is InChI=1S/C11H10FNO2/c12-9-1-2-11-8(5-9)6-10(13-11)3-4-15-7-14/h1-2,5-7,13H,3-4H2. The number of nitrogens with one attached hydrogen (secondary N) is 1. The molecule has 0 atom stereocenters. The first-order chi connectivity index (χ1) is 7.29. The first-order valence-electron chi connectivity index (χ1n) is 4.62. The van der Waals surface area contributed by atoms with Gasteiger partial charge in [0.15, 0.2) is 0 Å². The molecule has 1 N–H and O–H groups in total. The summed E-state index contributed by atoms with van der Waals surface area (Å²) >= 11 is 0. The Balaban J connectivity index is 2.19. The number of hydrogen-bond acceptors (Lipinski definition) is 2. The van der Waals surface area contributed by atoms with Crippen LogP contribution in [0.2, 0.25) is 0 Å². The lowest BCUT2D eigenvalue weighted by Crippen LogP contribution is -1.96. The molecule has 1 aromatic heterocycles. The van der Waals surface area contributed by atoms with Crippen molar-refractivity contribution in [2.45, 2.75) is 6.42 Å². The Bertz CT molecular complexity index is 478. The van der Waals surface area contributed by atoms with Gasteiger partial charge in [-0.3, -0.25) is 4.79 Å². The minimum atomic E-state index is -0.253. The van der Waals surface area contributed by atoms with Crippen molar-refractivity contribution in [3.8, 4) is 0 Å². The van der Waals surface area contributed by atoms with Gasteiger partial charge in [-0.1, -0.05) is 0 Å². The third kappa shape index (κ3) is 2.15. The number of aromatic amines is 1. The number of rotatable bonds is 4. The van der Waals surface area contributed by atoms with E-state index in [4.69, 9.17) is 0 Å². The lowest BCUT2D eigenvalue weighted by Gasteiger charge is -1.94. The van der Waals surface area contributed by atoms with Gasteiger partial charge in [0, 0.05) is 23.0 Å². The van der Waals surface area contributed by atoms with Crippen molar-refractivity contribution >= 4 is 17.4 Å². The number of carbonyl (C=O) groups excluding carboxylic acids is 1. The molecule has 0 saturated carbocycles. The average molecular weight is 207 g/mol. The Kier molecular flexibility index (Phi) is 2.67. The number of carbonyl (C=O) groups is 1. The van der Waals surface area contributed by atoms with Crippen LogP contribution < -0.4 is 0 Å². The maximum atomic E-state index is 12.9. The Labute approximate surface area is 85.9 Å². The highest BCUT2D eigenvalue weighted by molar-refractivity contribution is 5.80. The molecule has 78 valence electrons. The molecule has 2 rings (SSSR count). The number of benzene rings is 1. The van der Waals surface area contributed by atoms with Gasteiger partial charge in [0.1, 0.15) is 5.82 Å². The van der Waals surface area contributed by atoms with E-state index in [0.717, 1.165) is 16.6 Å². The van der Waals surface area contributed by atoms with E-state index in [9.17, 15) is 9.18 Å². The molecule has 0 fully saturated rings. The highest BCUT2D eigenvalue weighted by Gasteiger charge is 2.01. The van der Waals surface area contributed by atoms with E-state index in [-0.39, 0.29) is 5.82 Å². The van der Waals surface area contributed by atoms with Crippen LogP contribution in [0, 0.1) is 5.82 Å². The Morgan fingerprint density at radius 1 is 1.40 bits per heavy atom. The van der Waals surface area contributed by atoms with E-state index in [1.165, 1.54) is 12.1 Å². The van der Waals surface area contributed by atoms with Gasteiger partial charge in [0.25, 0.3) is 6.47 Å². The van der Waals surface area contributed by atoms with Gasteiger partial charge in [-0.25, -0.2) is 4.39 Å². The summed E-state index contributed by atoms with van der Waals surface area (Å²) in [5, 5.41) is 0.830. The van der Waals surface area contributed by atoms with Crippen molar-refractivity contribution in [3.63, 3.8) is 0 Å². The Morgan fingerprint density at radius 2 is 2.27 bits per heavy atom. The molecule has 0 aliphatic heterocycles. The van der Waals surface area contributed by atoms with E-state index < -0.39 is 0 Å². The SMILES string of the molecule is O=COCCc1cc2cc(F)ccc2[nH]1. The Hall–Kier alpha value is -1.84. The zero-order valence-electron chi connectivity index (χ0n) is 8.00. The van der Waals surface area contributed by atoms with Crippen molar-refractivity contribution < 1.29 is 13.9 Å². The van der Waals surface area contributed by atoms with E-state index in [1.807, 2.05) is 6.07 Å². The molecule has 4 heteroatoms. The van der Waals surface area contributed by atoms with Crippen molar-refractivity contribution in [3.05, 3.63) is 35.8 Å². The molecule has 0 saturated heterocycles. The third-order valence-corrected chi connectivity index (χ3v) is 2.20. The largest absolute Gasteiger partial charge is 0.467 e. The highest BCUT2D eigenvalue weighted by Crippen LogP contribution is 2.16. The summed E-state index contributed by atoms with van der Waals surface area (Å²) in [6.07, 6.45) is 0.606. The van der Waals surface area contributed by atoms with Gasteiger partial charge >= 0.3 is 0 Å². The lowest BCUT2D eigenvalue weighted by molar-refractivity contribution is -0.128. The van der Waals surface area contributed by atoms with Crippen LogP contribution >= 0.6 is 0 Å². The first-order valence-corrected chi connectivity index (χ1v) is 4.62. The summed E-state index contributed by atoms with van der Waals surface area (Å²) in [5.74, 6) is -0.253. The average Bonchev–Trinajstić information content (AvgIpc) is 2.60. The predicted molar refractivity (Wildman–Crippen MR) is 54.0 cm³/mol. The van der Waals surface area contributed by atoms with Crippen LogP contribution in [0.5, 0.6) is 0 Å². The van der Waals surface area contributed by atoms with E-state index in [2.05, 4.69) is 9.72 Å². The predicted octanol–water partition coefficient (Wildman–Crippen LogP) is 2.02. The number of hydrogen-bond donors (Lipinski definition) is 1. The zero-order valence-corrected chi connectivity index (χ0v) is 8.00. The molecule has 0 amide bonds. The molecule has 1 aromatic carbocycles. The van der Waals surface area contributed by atoms with Gasteiger partial charge in [-0.05, 0) is 24.3 Å². The fourth-order valence-electron chi connectivity index (χ4n) is 1.52. The molecule has 0 radical (unpaired) electrons. The van der Waals surface area contributed by atoms with Crippen molar-refractivity contribution in [2.24, 2.45) is 0 Å². The van der Waals surface area contributed by atoms with Crippen LogP contribution in [0.3, 0.4) is 0 Å². The van der Waals surface area contributed by atoms with Crippen LogP contribution in [-0.4, -0.2) is 18.1 Å². The van der Waals surface area contributed by atoms with Crippen molar-refractivity contribution in [2.75, 3.05) is 6.61 Å². The van der Waals surface area contributed by atoms with Crippen molar-refractivity contribution in [1.29, 1.82) is 0 Å². The van der Waals surface area contributed by atoms with Crippen LogP contribution in [0.1, 0.15) is 5.69 Å². The summed E-state index contributed by atoms with van der Waals surface area (Å²) in [6, 6.07) is 6.42. The summed E-state index contributed by atoms with van der Waals surface area (Å²) in [5.41, 5.74) is 1.81. The number of halogens is 1. The van der Waals surface area contributed by atoms with Crippen molar-refractivity contribution in [1.82, 2.24) is 4.98 Å². The topological polar surface area (TPSA) is 42.1 Å². The molecule has 1 heterocycles. The van der Waals surface area contributed by atoms with Gasteiger partial charge in [0.2, 0.25) is 0 Å². The smallest absolute Gasteiger partial charge is 0.293 e. The van der Waals surface area contributed by atoms with Gasteiger partial charge < -0.3 is 9.72 Å². The van der Waals surface area contributed by atoms with Gasteiger partial charge in [0.05, 0.1) is 6.61 Å². The molecular formula is C11H10FNO2. The number of fused-ring (bicyclic) bond motifs is 1. The summed E-state index contributed by atoms with van der Waals surface area (Å²) in [6.45, 7) is 0.751. The minimum absolute atomic E-state index is 0.253. The van der Waals surface area contributed by atoms with Crippen LogP contribution in [0.4, 0.5) is 4.39 Å². The third-order valence-electron chi connectivity index (χ3n) is 2.20. The highest BCUT2D eigenvalue weighted by atomic mass is 19.1. The van der Waals surface area contributed by atoms with Crippen LogP contribution in [0.25, 0.3) is 10.9 Å². The minimum Gasteiger partial charge on any atom is -0.467 e. The van der Waals surface area contributed by atoms with E-state index in [0.29, 0.717) is 19.5 Å². The van der Waals surface area contributed by atoms with E-state index in [1.54, 1.807) is 6.07 Å². The maximum absolute atomic E-state index is 12.9. The summed E-state index contributed by atoms with van der Waals surface area (Å²) in [7, 11) is 0. The second-order valence-corrected chi connectivity index (χ2v) is 3.24. The molecule has 0 spiro atoms. The zero-order chi connectivity index (χ0) is 10.7. The molecular weight excluding hydrogens is 197 g/mol. The monoisotopic (exact) mass is 207 g/mol. The fraction of sp³-hybridized carbons (Fsp3) is 0.182. The lowest BCUT2D eigenvalue weighted by atomic mass is 10.2. The quantitative estimate of drug-likeness (QED) is 0.615. The molecule has 3 nitrogen and oxygen atoms in total. The molecule has 15 heavy (non-hydrogen) atoms. The molecule has 0 unspecified atom stereocenters. The van der Waals surface area contributed by atoms with Crippen LogP contribution in [-0.2, 0) is 16.0 Å². The number of H-pyrrole nitrogens is 1. The first kappa shape index (κ1) is 9.71. The Morgan fingerprint density at radius 3 is 3.07 bits per heavy atom. The maximum Gasteiger partial charge on any atom is 0.293 e. The molecule has 0 bridgehead atoms. The van der Waals surface area contributed by atoms with E-state index >= 15 is 0 Å². The second kappa shape index (κ2) is 4.13. The number of ether oxygens (including phenoxy) is 1. The summed E-state index contributed by atoms with van der Waals surface area (Å²) in [4.78, 5) is 13.0. The molecule has 2 aromatic rings. The normalized spacial score (nSPS) is 10.5. The summed E-state index contributed by atoms with van der Waals surface area (Å²) < 4.78 is 17.5. The van der Waals surface area contributed by atoms with Gasteiger partial charge in [-0.15, -0.1) is 0 Å². The molecule has 0 aliphatic rings. The molecule has 0 aliphatic carbocycles. The van der Waals surface area contributed by atoms with Crippen LogP contribution in [0.15, 0.2) is 24.3 Å².